The first-order valence-corrected chi connectivity index (χ1v) is 8.76. The molecule has 138 valence electrons. The van der Waals surface area contributed by atoms with Crippen molar-refractivity contribution in [2.45, 2.75) is 51.9 Å². The second-order valence-electron chi connectivity index (χ2n) is 6.74. The van der Waals surface area contributed by atoms with Gasteiger partial charge in [-0.25, -0.2) is 9.69 Å². The Hall–Kier alpha value is -1.92. The summed E-state index contributed by atoms with van der Waals surface area (Å²) in [4.78, 5) is 26.0. The first-order chi connectivity index (χ1) is 11.9. The third-order valence-electron chi connectivity index (χ3n) is 4.98. The lowest BCUT2D eigenvalue weighted by Gasteiger charge is -2.30. The van der Waals surface area contributed by atoms with Crippen LogP contribution in [-0.4, -0.2) is 52.0 Å². The highest BCUT2D eigenvalue weighted by molar-refractivity contribution is 5.95. The fourth-order valence-corrected chi connectivity index (χ4v) is 3.19. The molecule has 1 aromatic rings. The van der Waals surface area contributed by atoms with Crippen LogP contribution in [0.15, 0.2) is 30.3 Å². The predicted octanol–water partition coefficient (Wildman–Crippen LogP) is 1.98. The van der Waals surface area contributed by atoms with Crippen molar-refractivity contribution in [3.8, 4) is 0 Å². The van der Waals surface area contributed by atoms with Crippen molar-refractivity contribution < 1.29 is 24.5 Å². The van der Waals surface area contributed by atoms with E-state index in [4.69, 9.17) is 4.74 Å². The van der Waals surface area contributed by atoms with E-state index in [-0.39, 0.29) is 12.6 Å². The lowest BCUT2D eigenvalue weighted by Crippen LogP contribution is -2.48. The lowest BCUT2D eigenvalue weighted by molar-refractivity contribution is -0.138. The molecule has 2 rings (SSSR count). The topological polar surface area (TPSA) is 87.1 Å². The zero-order chi connectivity index (χ0) is 18.6. The summed E-state index contributed by atoms with van der Waals surface area (Å²) in [6, 6.07) is 9.19. The summed E-state index contributed by atoms with van der Waals surface area (Å²) in [6.45, 7) is 5.24. The zero-order valence-electron chi connectivity index (χ0n) is 15.0. The molecule has 1 unspecified atom stereocenters. The number of hydrogen-bond donors (Lipinski definition) is 2. The van der Waals surface area contributed by atoms with Crippen LogP contribution in [0.3, 0.4) is 0 Å². The number of cyclic esters (lactones) is 1. The van der Waals surface area contributed by atoms with Crippen LogP contribution in [0.1, 0.15) is 32.8 Å². The highest BCUT2D eigenvalue weighted by Gasteiger charge is 2.42. The van der Waals surface area contributed by atoms with Gasteiger partial charge in [0.25, 0.3) is 0 Å². The molecule has 6 heteroatoms. The minimum Gasteiger partial charge on any atom is -0.447 e. The zero-order valence-corrected chi connectivity index (χ0v) is 15.0. The molecule has 5 atom stereocenters. The maximum absolute atomic E-state index is 12.8. The Bertz CT molecular complexity index is 591. The Kier molecular flexibility index (Phi) is 6.56. The average molecular weight is 349 g/mol. The van der Waals surface area contributed by atoms with Gasteiger partial charge in [0.15, 0.2) is 0 Å². The smallest absolute Gasteiger partial charge is 0.416 e. The first kappa shape index (κ1) is 19.4. The molecule has 1 aliphatic heterocycles. The monoisotopic (exact) mass is 349 g/mol. The average Bonchev–Trinajstić information content (AvgIpc) is 2.99. The largest absolute Gasteiger partial charge is 0.447 e. The Morgan fingerprint density at radius 2 is 1.92 bits per heavy atom. The molecule has 1 saturated heterocycles. The molecular formula is C19H27NO5. The summed E-state index contributed by atoms with van der Waals surface area (Å²) in [6.07, 6.45) is -1.41. The van der Waals surface area contributed by atoms with Crippen LogP contribution in [0.4, 0.5) is 4.79 Å². The predicted molar refractivity (Wildman–Crippen MR) is 92.8 cm³/mol. The number of carbonyl (C=O) groups excluding carboxylic acids is 2. The molecule has 0 saturated carbocycles. The number of ether oxygens (including phenoxy) is 1. The summed E-state index contributed by atoms with van der Waals surface area (Å²) >= 11 is 0. The van der Waals surface area contributed by atoms with Crippen molar-refractivity contribution in [2.24, 2.45) is 11.8 Å². The van der Waals surface area contributed by atoms with E-state index in [0.717, 1.165) is 10.5 Å². The van der Waals surface area contributed by atoms with Crippen LogP contribution >= 0.6 is 0 Å². The van der Waals surface area contributed by atoms with Crippen molar-refractivity contribution in [2.75, 3.05) is 6.61 Å². The fraction of sp³-hybridized carbons (Fsp3) is 0.579. The van der Waals surface area contributed by atoms with Crippen molar-refractivity contribution in [1.82, 2.24) is 4.90 Å². The molecule has 1 heterocycles. The molecule has 0 radical (unpaired) electrons. The Labute approximate surface area is 148 Å². The normalized spacial score (nSPS) is 22.2. The molecule has 6 nitrogen and oxygen atoms in total. The van der Waals surface area contributed by atoms with Gasteiger partial charge in [-0.2, -0.15) is 0 Å². The van der Waals surface area contributed by atoms with Crippen LogP contribution in [0.2, 0.25) is 0 Å². The third kappa shape index (κ3) is 4.38. The molecule has 2 N–H and O–H groups in total. The van der Waals surface area contributed by atoms with E-state index in [1.807, 2.05) is 37.3 Å². The Morgan fingerprint density at radius 3 is 2.52 bits per heavy atom. The maximum atomic E-state index is 12.8. The van der Waals surface area contributed by atoms with Crippen molar-refractivity contribution in [3.05, 3.63) is 35.9 Å². The first-order valence-electron chi connectivity index (χ1n) is 8.76. The van der Waals surface area contributed by atoms with Gasteiger partial charge in [-0.15, -0.1) is 0 Å². The van der Waals surface area contributed by atoms with Gasteiger partial charge in [0.1, 0.15) is 6.61 Å². The maximum Gasteiger partial charge on any atom is 0.416 e. The second kappa shape index (κ2) is 8.45. The summed E-state index contributed by atoms with van der Waals surface area (Å²) in [5.41, 5.74) is 1.01. The van der Waals surface area contributed by atoms with Gasteiger partial charge < -0.3 is 14.9 Å². The Balaban J connectivity index is 2.10. The molecule has 1 aliphatic rings. The van der Waals surface area contributed by atoms with Crippen LogP contribution in [0.5, 0.6) is 0 Å². The highest BCUT2D eigenvalue weighted by Crippen LogP contribution is 2.24. The van der Waals surface area contributed by atoms with Crippen LogP contribution in [-0.2, 0) is 16.0 Å². The number of carbonyl (C=O) groups is 2. The molecule has 0 aliphatic carbocycles. The summed E-state index contributed by atoms with van der Waals surface area (Å²) in [7, 11) is 0. The van der Waals surface area contributed by atoms with E-state index < -0.39 is 36.0 Å². The molecule has 0 spiro atoms. The molecule has 0 bridgehead atoms. The standard InChI is InChI=1S/C19H27NO5/c1-4-16(21)12(2)17(22)13(3)18(23)20-15(11-25-19(20)24)10-14-8-6-5-7-9-14/h5-9,12-13,15-17,21-22H,4,10-11H2,1-3H3/t12-,13-,15?,16+,17-/m0/s1. The number of amides is 2. The number of aliphatic hydroxyl groups is 2. The van der Waals surface area contributed by atoms with E-state index >= 15 is 0 Å². The number of benzene rings is 1. The Morgan fingerprint density at radius 1 is 1.28 bits per heavy atom. The molecule has 1 aromatic carbocycles. The quantitative estimate of drug-likeness (QED) is 0.786. The van der Waals surface area contributed by atoms with Gasteiger partial charge in [0.05, 0.1) is 24.2 Å². The number of rotatable bonds is 7. The van der Waals surface area contributed by atoms with Crippen molar-refractivity contribution in [3.63, 3.8) is 0 Å². The van der Waals surface area contributed by atoms with Gasteiger partial charge in [0.2, 0.25) is 5.91 Å². The third-order valence-corrected chi connectivity index (χ3v) is 4.98. The van der Waals surface area contributed by atoms with Crippen LogP contribution < -0.4 is 0 Å². The van der Waals surface area contributed by atoms with Crippen molar-refractivity contribution in [1.29, 1.82) is 0 Å². The van der Waals surface area contributed by atoms with Gasteiger partial charge in [-0.3, -0.25) is 4.79 Å². The molecular weight excluding hydrogens is 322 g/mol. The number of hydrogen-bond acceptors (Lipinski definition) is 5. The summed E-state index contributed by atoms with van der Waals surface area (Å²) in [5.74, 6) is -1.73. The van der Waals surface area contributed by atoms with Crippen LogP contribution in [0.25, 0.3) is 0 Å². The molecule has 0 aromatic heterocycles. The van der Waals surface area contributed by atoms with E-state index in [1.165, 1.54) is 0 Å². The van der Waals surface area contributed by atoms with E-state index in [0.29, 0.717) is 12.8 Å². The summed E-state index contributed by atoms with van der Waals surface area (Å²) < 4.78 is 5.07. The number of nitrogens with zero attached hydrogens (tertiary/aromatic N) is 1. The number of aliphatic hydroxyl groups excluding tert-OH is 2. The minimum atomic E-state index is -1.03. The van der Waals surface area contributed by atoms with Gasteiger partial charge in [-0.05, 0) is 18.4 Å². The van der Waals surface area contributed by atoms with E-state index in [2.05, 4.69) is 0 Å². The van der Waals surface area contributed by atoms with Crippen molar-refractivity contribution >= 4 is 12.0 Å². The minimum absolute atomic E-state index is 0.148. The SMILES string of the molecule is CC[C@@H](O)[C@H](C)[C@H](O)[C@H](C)C(=O)N1C(=O)OCC1Cc1ccccc1. The second-order valence-corrected chi connectivity index (χ2v) is 6.74. The number of imide groups is 1. The molecule has 25 heavy (non-hydrogen) atoms. The van der Waals surface area contributed by atoms with E-state index in [1.54, 1.807) is 13.8 Å². The summed E-state index contributed by atoms with van der Waals surface area (Å²) in [5, 5.41) is 20.3. The van der Waals surface area contributed by atoms with E-state index in [9.17, 15) is 19.8 Å². The fourth-order valence-electron chi connectivity index (χ4n) is 3.19. The highest BCUT2D eigenvalue weighted by atomic mass is 16.6. The van der Waals surface area contributed by atoms with Gasteiger partial charge in [-0.1, -0.05) is 51.1 Å². The molecule has 2 amide bonds. The van der Waals surface area contributed by atoms with Gasteiger partial charge >= 0.3 is 6.09 Å². The molecule has 1 fully saturated rings. The lowest BCUT2D eigenvalue weighted by atomic mass is 9.87. The van der Waals surface area contributed by atoms with Crippen LogP contribution in [0, 0.1) is 11.8 Å². The van der Waals surface area contributed by atoms with Gasteiger partial charge in [0, 0.05) is 5.92 Å².